The molecule has 1 aromatic heterocycles. The Balaban J connectivity index is 1.16. The molecule has 2 aliphatic rings. The number of fused-ring (bicyclic) bond motifs is 1. The molecule has 2 heterocycles. The molecule has 4 aromatic rings. The molecule has 0 radical (unpaired) electrons. The third-order valence-electron chi connectivity index (χ3n) is 11.5. The highest BCUT2D eigenvalue weighted by Gasteiger charge is 2.61. The number of para-hydroxylation sites is 1. The molecular weight excluding hydrogens is 867 g/mol. The predicted molar refractivity (Wildman–Crippen MR) is 248 cm³/mol. The summed E-state index contributed by atoms with van der Waals surface area (Å²) in [5.74, 6) is -1.93. The number of benzene rings is 3. The molecule has 352 valence electrons. The van der Waals surface area contributed by atoms with E-state index in [1.165, 1.54) is 36.3 Å². The fraction of sp³-hybridized carbons (Fsp3) is 0.429. The highest BCUT2D eigenvalue weighted by Crippen LogP contribution is 2.45. The van der Waals surface area contributed by atoms with Crippen molar-refractivity contribution in [1.29, 1.82) is 0 Å². The normalized spacial score (nSPS) is 19.0. The number of carbonyl (C=O) groups is 5. The first kappa shape index (κ1) is 49.0. The summed E-state index contributed by atoms with van der Waals surface area (Å²) in [5, 5.41) is 6.12. The average Bonchev–Trinajstić information content (AvgIpc) is 3.84. The summed E-state index contributed by atoms with van der Waals surface area (Å²) in [5.41, 5.74) is -0.560. The largest absolute Gasteiger partial charge is 0.497 e. The Labute approximate surface area is 385 Å². The maximum atomic E-state index is 14.4. The van der Waals surface area contributed by atoms with Crippen molar-refractivity contribution in [3.05, 3.63) is 91.5 Å². The Morgan fingerprint density at radius 3 is 2.24 bits per heavy atom. The molecule has 1 aliphatic carbocycles. The van der Waals surface area contributed by atoms with E-state index in [-0.39, 0.29) is 42.4 Å². The van der Waals surface area contributed by atoms with E-state index in [0.29, 0.717) is 40.9 Å². The molecule has 4 amide bonds. The lowest BCUT2D eigenvalue weighted by Gasteiger charge is -2.29. The molecule has 0 spiro atoms. The molecule has 6 rings (SSSR count). The number of unbranched alkanes of at least 4 members (excludes halogenated alkanes) is 5. The van der Waals surface area contributed by atoms with Gasteiger partial charge in [0.25, 0.3) is 15.9 Å². The lowest BCUT2D eigenvalue weighted by atomic mass is 10.1. The zero-order valence-electron chi connectivity index (χ0n) is 38.1. The molecule has 1 saturated carbocycles. The van der Waals surface area contributed by atoms with Gasteiger partial charge in [-0.3, -0.25) is 24.1 Å². The number of amides is 4. The van der Waals surface area contributed by atoms with E-state index in [4.69, 9.17) is 19.2 Å². The standard InChI is InChI=1S/C49H59N5O11S/c1-7-33-30-49(33,46(58)53-66(60,61)42-22-18-17-21-37(42)51-43(55)23-15-10-8-9-11-16-24-44(56)63-6)52-45(57)40-28-35(31-54(40)47(59)65-48(2,3)4)64-41-29-38(32-19-13-12-14-20-32)50-39-27-34(62-5)25-26-36(39)41/h7,12-14,17-22,25-27,29,33,35,40H,1,8-11,15-16,23-24,28,30-31H2,2-6H3,(H,51,55)(H,52,57)(H,53,58)/t33-,35-,40+,49-/m1/s1. The Morgan fingerprint density at radius 1 is 0.894 bits per heavy atom. The van der Waals surface area contributed by atoms with Gasteiger partial charge in [-0.25, -0.2) is 22.9 Å². The van der Waals surface area contributed by atoms with Crippen molar-refractivity contribution in [2.75, 3.05) is 26.1 Å². The predicted octanol–water partition coefficient (Wildman–Crippen LogP) is 7.47. The minimum absolute atomic E-state index is 0.00455. The van der Waals surface area contributed by atoms with Crippen molar-refractivity contribution >= 4 is 56.4 Å². The molecule has 0 unspecified atom stereocenters. The SMILES string of the molecule is C=C[C@@H]1C[C@]1(NC(=O)[C@@H]1C[C@@H](Oc2cc(-c3ccccc3)nc3cc(OC)ccc23)CN1C(=O)OC(C)(C)C)C(=O)NS(=O)(=O)c1ccccc1NC(=O)CCCCCCCCC(=O)OC. The Bertz CT molecular complexity index is 2550. The minimum atomic E-state index is -4.60. The van der Waals surface area contributed by atoms with E-state index in [1.54, 1.807) is 52.1 Å². The summed E-state index contributed by atoms with van der Waals surface area (Å²) in [6.07, 6.45) is 5.27. The van der Waals surface area contributed by atoms with Crippen LogP contribution in [0.3, 0.4) is 0 Å². The van der Waals surface area contributed by atoms with Gasteiger partial charge in [0, 0.05) is 48.3 Å². The van der Waals surface area contributed by atoms with Gasteiger partial charge in [-0.15, -0.1) is 6.58 Å². The van der Waals surface area contributed by atoms with Crippen molar-refractivity contribution in [3.63, 3.8) is 0 Å². The van der Waals surface area contributed by atoms with Gasteiger partial charge in [0.2, 0.25) is 11.8 Å². The van der Waals surface area contributed by atoms with Gasteiger partial charge in [-0.1, -0.05) is 74.2 Å². The lowest BCUT2D eigenvalue weighted by Crippen LogP contribution is -2.56. The summed E-state index contributed by atoms with van der Waals surface area (Å²) in [4.78, 5) is 72.3. The van der Waals surface area contributed by atoms with E-state index in [1.807, 2.05) is 36.4 Å². The highest BCUT2D eigenvalue weighted by atomic mass is 32.2. The van der Waals surface area contributed by atoms with Crippen LogP contribution in [0.5, 0.6) is 11.5 Å². The summed E-state index contributed by atoms with van der Waals surface area (Å²) >= 11 is 0. The minimum Gasteiger partial charge on any atom is -0.497 e. The molecule has 17 heteroatoms. The van der Waals surface area contributed by atoms with Gasteiger partial charge in [-0.05, 0) is 64.3 Å². The second-order valence-electron chi connectivity index (χ2n) is 17.6. The number of methoxy groups -OCH3 is 2. The van der Waals surface area contributed by atoms with Crippen LogP contribution in [-0.2, 0) is 38.7 Å². The fourth-order valence-corrected chi connectivity index (χ4v) is 9.18. The number of likely N-dealkylation sites (tertiary alicyclic amines) is 1. The number of anilines is 1. The van der Waals surface area contributed by atoms with E-state index in [2.05, 4.69) is 26.7 Å². The molecule has 66 heavy (non-hydrogen) atoms. The van der Waals surface area contributed by atoms with Crippen molar-refractivity contribution in [2.24, 2.45) is 5.92 Å². The van der Waals surface area contributed by atoms with Gasteiger partial charge in [0.1, 0.15) is 39.7 Å². The number of pyridine rings is 1. The second kappa shape index (κ2) is 21.2. The first-order valence-electron chi connectivity index (χ1n) is 22.1. The van der Waals surface area contributed by atoms with Crippen LogP contribution in [-0.4, -0.2) is 92.1 Å². The summed E-state index contributed by atoms with van der Waals surface area (Å²) in [7, 11) is -1.67. The number of nitrogens with zero attached hydrogens (tertiary/aromatic N) is 2. The van der Waals surface area contributed by atoms with Crippen LogP contribution in [0, 0.1) is 5.92 Å². The third-order valence-corrected chi connectivity index (χ3v) is 12.9. The van der Waals surface area contributed by atoms with Crippen molar-refractivity contribution in [2.45, 2.75) is 113 Å². The van der Waals surface area contributed by atoms with Crippen LogP contribution in [0.1, 0.15) is 85.0 Å². The Hall–Kier alpha value is -6.49. The van der Waals surface area contributed by atoms with Crippen LogP contribution in [0.2, 0.25) is 0 Å². The topological polar surface area (TPSA) is 209 Å². The van der Waals surface area contributed by atoms with Crippen molar-refractivity contribution < 1.29 is 51.3 Å². The molecule has 0 bridgehead atoms. The van der Waals surface area contributed by atoms with Crippen molar-refractivity contribution in [3.8, 4) is 22.8 Å². The molecule has 16 nitrogen and oxygen atoms in total. The first-order valence-corrected chi connectivity index (χ1v) is 23.6. The Kier molecular flexibility index (Phi) is 15.7. The summed E-state index contributed by atoms with van der Waals surface area (Å²) in [6.45, 7) is 8.87. The number of hydrogen-bond acceptors (Lipinski definition) is 12. The first-order chi connectivity index (χ1) is 31.5. The highest BCUT2D eigenvalue weighted by molar-refractivity contribution is 7.90. The van der Waals surface area contributed by atoms with E-state index in [9.17, 15) is 32.4 Å². The van der Waals surface area contributed by atoms with Gasteiger partial charge in [-0.2, -0.15) is 0 Å². The third kappa shape index (κ3) is 12.2. The number of nitrogens with one attached hydrogen (secondary N) is 3. The molecular formula is C49H59N5O11S. The lowest BCUT2D eigenvalue weighted by molar-refractivity contribution is -0.140. The van der Waals surface area contributed by atoms with Crippen LogP contribution in [0.4, 0.5) is 10.5 Å². The average molecular weight is 926 g/mol. The number of esters is 1. The van der Waals surface area contributed by atoms with E-state index >= 15 is 0 Å². The summed E-state index contributed by atoms with van der Waals surface area (Å²) < 4.78 is 52.4. The summed E-state index contributed by atoms with van der Waals surface area (Å²) in [6, 6.07) is 21.3. The number of carbonyl (C=O) groups excluding carboxylic acids is 5. The zero-order valence-corrected chi connectivity index (χ0v) is 38.9. The van der Waals surface area contributed by atoms with Crippen LogP contribution in [0.15, 0.2) is 96.4 Å². The maximum Gasteiger partial charge on any atom is 0.411 e. The molecule has 4 atom stereocenters. The van der Waals surface area contributed by atoms with Gasteiger partial charge < -0.3 is 29.6 Å². The van der Waals surface area contributed by atoms with Crippen LogP contribution < -0.4 is 24.8 Å². The second-order valence-corrected chi connectivity index (χ2v) is 19.2. The number of aromatic nitrogens is 1. The molecule has 2 fully saturated rings. The Morgan fingerprint density at radius 2 is 1.58 bits per heavy atom. The quantitative estimate of drug-likeness (QED) is 0.0448. The number of hydrogen-bond donors (Lipinski definition) is 3. The molecule has 3 N–H and O–H groups in total. The van der Waals surface area contributed by atoms with Gasteiger partial charge in [0.15, 0.2) is 0 Å². The molecule has 3 aromatic carbocycles. The number of rotatable bonds is 20. The van der Waals surface area contributed by atoms with Gasteiger partial charge in [0.05, 0.1) is 37.7 Å². The maximum absolute atomic E-state index is 14.4. The number of ether oxygens (including phenoxy) is 4. The molecule has 1 aliphatic heterocycles. The van der Waals surface area contributed by atoms with E-state index in [0.717, 1.165) is 37.7 Å². The smallest absolute Gasteiger partial charge is 0.411 e. The molecule has 1 saturated heterocycles. The van der Waals surface area contributed by atoms with E-state index < -0.39 is 63.0 Å². The van der Waals surface area contributed by atoms with Gasteiger partial charge >= 0.3 is 12.1 Å². The monoisotopic (exact) mass is 925 g/mol. The van der Waals surface area contributed by atoms with Crippen LogP contribution >= 0.6 is 0 Å². The van der Waals surface area contributed by atoms with Crippen molar-refractivity contribution in [1.82, 2.24) is 19.9 Å². The zero-order chi connectivity index (χ0) is 47.6. The fourth-order valence-electron chi connectivity index (χ4n) is 7.98. The van der Waals surface area contributed by atoms with Crippen LogP contribution in [0.25, 0.3) is 22.2 Å². The number of sulfonamides is 1.